The topological polar surface area (TPSA) is 38.3 Å². The molecule has 1 aliphatic rings. The number of ether oxygens (including phenoxy) is 1. The van der Waals surface area contributed by atoms with Crippen molar-refractivity contribution in [2.75, 3.05) is 19.8 Å². The summed E-state index contributed by atoms with van der Waals surface area (Å²) in [4.78, 5) is 0. The molecule has 1 aliphatic heterocycles. The molecule has 1 rings (SSSR count). The summed E-state index contributed by atoms with van der Waals surface area (Å²) in [5, 5.41) is 4.00. The molecule has 1 heterocycles. The molecule has 16 heavy (non-hydrogen) atoms. The lowest BCUT2D eigenvalue weighted by Gasteiger charge is -2.28. The molecule has 96 valence electrons. The van der Waals surface area contributed by atoms with Crippen LogP contribution in [0.1, 0.15) is 40.0 Å². The summed E-state index contributed by atoms with van der Waals surface area (Å²) < 4.78 is 17.6. The smallest absolute Gasteiger partial charge is 0.0477 e. The lowest BCUT2D eigenvalue weighted by molar-refractivity contribution is 0.0990. The van der Waals surface area contributed by atoms with E-state index < -0.39 is 10.8 Å². The SMILES string of the molecule is CCCNC(C)C(C)S(=O)C1CCOCC1. The second-order valence-electron chi connectivity index (χ2n) is 4.59. The predicted molar refractivity (Wildman–Crippen MR) is 69.2 cm³/mol. The molecule has 0 amide bonds. The van der Waals surface area contributed by atoms with Gasteiger partial charge in [-0.25, -0.2) is 0 Å². The van der Waals surface area contributed by atoms with Crippen molar-refractivity contribution in [2.45, 2.75) is 56.6 Å². The Morgan fingerprint density at radius 1 is 1.38 bits per heavy atom. The number of hydrogen-bond donors (Lipinski definition) is 1. The number of nitrogens with one attached hydrogen (secondary N) is 1. The highest BCUT2D eigenvalue weighted by Gasteiger charge is 2.27. The fourth-order valence-corrected chi connectivity index (χ4v) is 3.71. The highest BCUT2D eigenvalue weighted by molar-refractivity contribution is 7.86. The second kappa shape index (κ2) is 7.41. The maximum Gasteiger partial charge on any atom is 0.0477 e. The summed E-state index contributed by atoms with van der Waals surface area (Å²) in [6.45, 7) is 8.95. The molecule has 3 atom stereocenters. The third-order valence-electron chi connectivity index (χ3n) is 3.28. The fourth-order valence-electron chi connectivity index (χ4n) is 1.95. The molecule has 0 aromatic rings. The summed E-state index contributed by atoms with van der Waals surface area (Å²) in [6.07, 6.45) is 3.04. The Labute approximate surface area is 102 Å². The summed E-state index contributed by atoms with van der Waals surface area (Å²) in [5.41, 5.74) is 0. The lowest BCUT2D eigenvalue weighted by atomic mass is 10.2. The first-order valence-electron chi connectivity index (χ1n) is 6.37. The zero-order chi connectivity index (χ0) is 12.0. The van der Waals surface area contributed by atoms with Crippen molar-refractivity contribution < 1.29 is 8.95 Å². The van der Waals surface area contributed by atoms with Gasteiger partial charge in [-0.15, -0.1) is 0 Å². The number of hydrogen-bond acceptors (Lipinski definition) is 3. The van der Waals surface area contributed by atoms with E-state index in [1.54, 1.807) is 0 Å². The van der Waals surface area contributed by atoms with E-state index >= 15 is 0 Å². The van der Waals surface area contributed by atoms with Crippen molar-refractivity contribution in [3.8, 4) is 0 Å². The summed E-state index contributed by atoms with van der Waals surface area (Å²) in [7, 11) is -0.727. The summed E-state index contributed by atoms with van der Waals surface area (Å²) in [6, 6.07) is 0.337. The average Bonchev–Trinajstić information content (AvgIpc) is 2.35. The van der Waals surface area contributed by atoms with Crippen LogP contribution in [0, 0.1) is 0 Å². The Hall–Kier alpha value is 0.0700. The van der Waals surface area contributed by atoms with E-state index in [2.05, 4.69) is 26.1 Å². The molecule has 1 fully saturated rings. The zero-order valence-corrected chi connectivity index (χ0v) is 11.5. The molecule has 0 aromatic carbocycles. The first kappa shape index (κ1) is 14.1. The van der Waals surface area contributed by atoms with Crippen LogP contribution in [0.15, 0.2) is 0 Å². The van der Waals surface area contributed by atoms with Crippen LogP contribution in [-0.4, -0.2) is 40.5 Å². The van der Waals surface area contributed by atoms with Crippen molar-refractivity contribution in [2.24, 2.45) is 0 Å². The Morgan fingerprint density at radius 3 is 2.56 bits per heavy atom. The molecule has 0 spiro atoms. The molecule has 3 unspecified atom stereocenters. The van der Waals surface area contributed by atoms with Crippen LogP contribution >= 0.6 is 0 Å². The minimum Gasteiger partial charge on any atom is -0.381 e. The first-order valence-corrected chi connectivity index (χ1v) is 7.65. The Morgan fingerprint density at radius 2 is 2.00 bits per heavy atom. The molecule has 1 saturated heterocycles. The average molecular weight is 247 g/mol. The van der Waals surface area contributed by atoms with Gasteiger partial charge in [-0.2, -0.15) is 0 Å². The van der Waals surface area contributed by atoms with Crippen LogP contribution in [0.2, 0.25) is 0 Å². The second-order valence-corrected chi connectivity index (χ2v) is 6.66. The van der Waals surface area contributed by atoms with Gasteiger partial charge < -0.3 is 10.1 Å². The highest BCUT2D eigenvalue weighted by atomic mass is 32.2. The van der Waals surface area contributed by atoms with Crippen LogP contribution < -0.4 is 5.32 Å². The molecule has 0 bridgehead atoms. The van der Waals surface area contributed by atoms with Crippen LogP contribution in [-0.2, 0) is 15.5 Å². The predicted octanol–water partition coefficient (Wildman–Crippen LogP) is 1.69. The van der Waals surface area contributed by atoms with Gasteiger partial charge in [0.15, 0.2) is 0 Å². The van der Waals surface area contributed by atoms with Gasteiger partial charge in [0.2, 0.25) is 0 Å². The highest BCUT2D eigenvalue weighted by Crippen LogP contribution is 2.18. The summed E-state index contributed by atoms with van der Waals surface area (Å²) in [5.74, 6) is 0. The van der Waals surface area contributed by atoms with Crippen LogP contribution in [0.5, 0.6) is 0 Å². The first-order chi connectivity index (χ1) is 7.66. The molecule has 3 nitrogen and oxygen atoms in total. The maximum atomic E-state index is 12.3. The fraction of sp³-hybridized carbons (Fsp3) is 1.00. The maximum absolute atomic E-state index is 12.3. The van der Waals surface area contributed by atoms with E-state index in [4.69, 9.17) is 4.74 Å². The van der Waals surface area contributed by atoms with Crippen LogP contribution in [0.4, 0.5) is 0 Å². The van der Waals surface area contributed by atoms with E-state index in [1.807, 2.05) is 0 Å². The molecule has 0 aromatic heterocycles. The van der Waals surface area contributed by atoms with Gasteiger partial charge in [-0.05, 0) is 39.7 Å². The van der Waals surface area contributed by atoms with Gasteiger partial charge in [-0.1, -0.05) is 6.92 Å². The van der Waals surface area contributed by atoms with E-state index in [9.17, 15) is 4.21 Å². The summed E-state index contributed by atoms with van der Waals surface area (Å²) >= 11 is 0. The third kappa shape index (κ3) is 4.15. The molecule has 0 radical (unpaired) electrons. The van der Waals surface area contributed by atoms with Gasteiger partial charge in [0.1, 0.15) is 0 Å². The monoisotopic (exact) mass is 247 g/mol. The molecular formula is C12H25NO2S. The van der Waals surface area contributed by atoms with Gasteiger partial charge in [0.25, 0.3) is 0 Å². The van der Waals surface area contributed by atoms with Crippen molar-refractivity contribution in [3.05, 3.63) is 0 Å². The minimum absolute atomic E-state index is 0.231. The van der Waals surface area contributed by atoms with E-state index in [1.165, 1.54) is 0 Å². The van der Waals surface area contributed by atoms with E-state index in [0.717, 1.165) is 39.0 Å². The molecule has 4 heteroatoms. The zero-order valence-electron chi connectivity index (χ0n) is 10.7. The standard InChI is InChI=1S/C12H25NO2S/c1-4-7-13-10(2)11(3)16(14)12-5-8-15-9-6-12/h10-13H,4-9H2,1-3H3. The van der Waals surface area contributed by atoms with Crippen molar-refractivity contribution in [1.82, 2.24) is 5.32 Å². The third-order valence-corrected chi connectivity index (χ3v) is 5.55. The van der Waals surface area contributed by atoms with Gasteiger partial charge in [0, 0.05) is 40.6 Å². The van der Waals surface area contributed by atoms with E-state index in [-0.39, 0.29) is 5.25 Å². The van der Waals surface area contributed by atoms with E-state index in [0.29, 0.717) is 11.3 Å². The molecule has 0 saturated carbocycles. The van der Waals surface area contributed by atoms with Crippen molar-refractivity contribution in [1.29, 1.82) is 0 Å². The normalized spacial score (nSPS) is 23.9. The number of rotatable bonds is 6. The van der Waals surface area contributed by atoms with Gasteiger partial charge >= 0.3 is 0 Å². The minimum atomic E-state index is -0.727. The van der Waals surface area contributed by atoms with Gasteiger partial charge in [0.05, 0.1) is 0 Å². The Bertz CT molecular complexity index is 217. The van der Waals surface area contributed by atoms with Crippen LogP contribution in [0.25, 0.3) is 0 Å². The molecular weight excluding hydrogens is 222 g/mol. The van der Waals surface area contributed by atoms with Crippen molar-refractivity contribution >= 4 is 10.8 Å². The quantitative estimate of drug-likeness (QED) is 0.776. The molecule has 0 aliphatic carbocycles. The lowest BCUT2D eigenvalue weighted by Crippen LogP contribution is -2.42. The largest absolute Gasteiger partial charge is 0.381 e. The van der Waals surface area contributed by atoms with Gasteiger partial charge in [-0.3, -0.25) is 4.21 Å². The van der Waals surface area contributed by atoms with Crippen LogP contribution in [0.3, 0.4) is 0 Å². The molecule has 1 N–H and O–H groups in total. The Kier molecular flexibility index (Phi) is 6.54. The Balaban J connectivity index is 2.38. The van der Waals surface area contributed by atoms with Crippen molar-refractivity contribution in [3.63, 3.8) is 0 Å².